The van der Waals surface area contributed by atoms with Gasteiger partial charge < -0.3 is 10.2 Å². The van der Waals surface area contributed by atoms with E-state index in [-0.39, 0.29) is 5.91 Å². The molecule has 1 aliphatic rings. The van der Waals surface area contributed by atoms with Crippen LogP contribution in [-0.2, 0) is 0 Å². The van der Waals surface area contributed by atoms with Gasteiger partial charge in [0, 0.05) is 24.3 Å². The molecule has 0 spiro atoms. The highest BCUT2D eigenvalue weighted by Gasteiger charge is 2.15. The molecule has 0 aliphatic carbocycles. The largest absolute Gasteiger partial charge is 0.370 e. The predicted octanol–water partition coefficient (Wildman–Crippen LogP) is 4.50. The van der Waals surface area contributed by atoms with Crippen molar-refractivity contribution >= 4 is 28.9 Å². The van der Waals surface area contributed by atoms with E-state index in [1.165, 1.54) is 12.8 Å². The van der Waals surface area contributed by atoms with Gasteiger partial charge in [-0.15, -0.1) is 0 Å². The summed E-state index contributed by atoms with van der Waals surface area (Å²) in [6.07, 6.45) is 2.42. The van der Waals surface area contributed by atoms with Gasteiger partial charge >= 0.3 is 0 Å². The van der Waals surface area contributed by atoms with Crippen molar-refractivity contribution in [2.45, 2.75) is 19.8 Å². The van der Waals surface area contributed by atoms with E-state index >= 15 is 0 Å². The molecule has 3 rings (SSSR count). The third-order valence-corrected chi connectivity index (χ3v) is 4.24. The Labute approximate surface area is 135 Å². The van der Waals surface area contributed by atoms with Crippen molar-refractivity contribution < 1.29 is 4.79 Å². The van der Waals surface area contributed by atoms with E-state index in [0.29, 0.717) is 10.6 Å². The number of hydrogen-bond acceptors (Lipinski definition) is 2. The quantitative estimate of drug-likeness (QED) is 0.904. The molecule has 4 heteroatoms. The number of carbonyl (C=O) groups is 1. The lowest BCUT2D eigenvalue weighted by molar-refractivity contribution is 0.102. The highest BCUT2D eigenvalue weighted by atomic mass is 35.5. The first-order valence-electron chi connectivity index (χ1n) is 7.56. The maximum atomic E-state index is 12.3. The Morgan fingerprint density at radius 2 is 1.91 bits per heavy atom. The van der Waals surface area contributed by atoms with Gasteiger partial charge in [0.05, 0.1) is 10.7 Å². The molecule has 1 heterocycles. The number of nitrogens with one attached hydrogen (secondary N) is 1. The van der Waals surface area contributed by atoms with Gasteiger partial charge in [0.2, 0.25) is 0 Å². The zero-order valence-electron chi connectivity index (χ0n) is 12.6. The van der Waals surface area contributed by atoms with E-state index in [9.17, 15) is 4.79 Å². The molecule has 1 aliphatic heterocycles. The first-order valence-corrected chi connectivity index (χ1v) is 7.94. The molecule has 22 heavy (non-hydrogen) atoms. The molecule has 0 saturated carbocycles. The Morgan fingerprint density at radius 1 is 1.14 bits per heavy atom. The lowest BCUT2D eigenvalue weighted by atomic mass is 10.1. The molecular weight excluding hydrogens is 296 g/mol. The van der Waals surface area contributed by atoms with E-state index in [1.807, 2.05) is 49.4 Å². The smallest absolute Gasteiger partial charge is 0.255 e. The maximum absolute atomic E-state index is 12.3. The van der Waals surface area contributed by atoms with E-state index in [4.69, 9.17) is 11.6 Å². The first-order chi connectivity index (χ1) is 10.6. The lowest BCUT2D eigenvalue weighted by Gasteiger charge is -2.19. The summed E-state index contributed by atoms with van der Waals surface area (Å²) in [6, 6.07) is 13.2. The van der Waals surface area contributed by atoms with Crippen molar-refractivity contribution in [1.82, 2.24) is 0 Å². The summed E-state index contributed by atoms with van der Waals surface area (Å²) >= 11 is 6.37. The van der Waals surface area contributed by atoms with Crippen LogP contribution < -0.4 is 10.2 Å². The van der Waals surface area contributed by atoms with Crippen molar-refractivity contribution in [2.24, 2.45) is 0 Å². The van der Waals surface area contributed by atoms with Gasteiger partial charge in [-0.3, -0.25) is 4.79 Å². The normalized spacial score (nSPS) is 14.2. The SMILES string of the molecule is Cc1cccc(C(=O)Nc2ccc(N3CCCC3)c(Cl)c2)c1. The van der Waals surface area contributed by atoms with Gasteiger partial charge in [0.15, 0.2) is 0 Å². The van der Waals surface area contributed by atoms with Crippen LogP contribution in [0.25, 0.3) is 0 Å². The Bertz CT molecular complexity index is 693. The van der Waals surface area contributed by atoms with Crippen LogP contribution in [0.3, 0.4) is 0 Å². The van der Waals surface area contributed by atoms with E-state index in [2.05, 4.69) is 10.2 Å². The molecule has 1 amide bonds. The number of nitrogens with zero attached hydrogens (tertiary/aromatic N) is 1. The fourth-order valence-electron chi connectivity index (χ4n) is 2.79. The number of hydrogen-bond donors (Lipinski definition) is 1. The number of halogens is 1. The van der Waals surface area contributed by atoms with Crippen molar-refractivity contribution in [3.05, 3.63) is 58.6 Å². The Kier molecular flexibility index (Phi) is 4.34. The number of anilines is 2. The van der Waals surface area contributed by atoms with Crippen LogP contribution in [0.1, 0.15) is 28.8 Å². The van der Waals surface area contributed by atoms with Crippen LogP contribution in [0, 0.1) is 6.92 Å². The third kappa shape index (κ3) is 3.25. The van der Waals surface area contributed by atoms with Gasteiger partial charge in [0.1, 0.15) is 0 Å². The molecule has 3 nitrogen and oxygen atoms in total. The van der Waals surface area contributed by atoms with Crippen molar-refractivity contribution in [1.29, 1.82) is 0 Å². The van der Waals surface area contributed by atoms with Gasteiger partial charge in [-0.05, 0) is 50.1 Å². The fourth-order valence-corrected chi connectivity index (χ4v) is 3.09. The molecule has 0 radical (unpaired) electrons. The molecule has 2 aromatic rings. The number of aryl methyl sites for hydroxylation is 1. The average molecular weight is 315 g/mol. The number of benzene rings is 2. The topological polar surface area (TPSA) is 32.3 Å². The second-order valence-electron chi connectivity index (χ2n) is 5.68. The molecule has 2 aromatic carbocycles. The van der Waals surface area contributed by atoms with Crippen molar-refractivity contribution in [3.63, 3.8) is 0 Å². The lowest BCUT2D eigenvalue weighted by Crippen LogP contribution is -2.18. The minimum Gasteiger partial charge on any atom is -0.370 e. The summed E-state index contributed by atoms with van der Waals surface area (Å²) in [5, 5.41) is 3.59. The van der Waals surface area contributed by atoms with Crippen molar-refractivity contribution in [2.75, 3.05) is 23.3 Å². The molecule has 114 valence electrons. The standard InChI is InChI=1S/C18H19ClN2O/c1-13-5-4-6-14(11-13)18(22)20-15-7-8-17(16(19)12-15)21-9-2-3-10-21/h4-8,11-12H,2-3,9-10H2,1H3,(H,20,22). The highest BCUT2D eigenvalue weighted by Crippen LogP contribution is 2.31. The summed E-state index contributed by atoms with van der Waals surface area (Å²) in [4.78, 5) is 14.5. The Hall–Kier alpha value is -2.00. The van der Waals surface area contributed by atoms with Crippen LogP contribution in [0.5, 0.6) is 0 Å². The summed E-state index contributed by atoms with van der Waals surface area (Å²) < 4.78 is 0. The Balaban J connectivity index is 1.75. The molecule has 0 atom stereocenters. The van der Waals surface area contributed by atoms with Crippen LogP contribution >= 0.6 is 11.6 Å². The van der Waals surface area contributed by atoms with E-state index < -0.39 is 0 Å². The minimum atomic E-state index is -0.117. The number of rotatable bonds is 3. The van der Waals surface area contributed by atoms with Gasteiger partial charge in [-0.25, -0.2) is 0 Å². The molecular formula is C18H19ClN2O. The monoisotopic (exact) mass is 314 g/mol. The molecule has 1 fully saturated rings. The van der Waals surface area contributed by atoms with Crippen LogP contribution in [0.2, 0.25) is 5.02 Å². The average Bonchev–Trinajstić information content (AvgIpc) is 3.01. The first kappa shape index (κ1) is 14.9. The summed E-state index contributed by atoms with van der Waals surface area (Å²) in [5.41, 5.74) is 3.49. The van der Waals surface area contributed by atoms with E-state index in [0.717, 1.165) is 30.0 Å². The number of amides is 1. The molecule has 1 saturated heterocycles. The molecule has 1 N–H and O–H groups in total. The zero-order chi connectivity index (χ0) is 15.5. The minimum absolute atomic E-state index is 0.117. The molecule has 0 aromatic heterocycles. The van der Waals surface area contributed by atoms with Gasteiger partial charge in [-0.1, -0.05) is 29.3 Å². The Morgan fingerprint density at radius 3 is 2.59 bits per heavy atom. The second kappa shape index (κ2) is 6.41. The maximum Gasteiger partial charge on any atom is 0.255 e. The number of carbonyl (C=O) groups excluding carboxylic acids is 1. The third-order valence-electron chi connectivity index (χ3n) is 3.93. The fraction of sp³-hybridized carbons (Fsp3) is 0.278. The van der Waals surface area contributed by atoms with Crippen LogP contribution in [-0.4, -0.2) is 19.0 Å². The van der Waals surface area contributed by atoms with Gasteiger partial charge in [-0.2, -0.15) is 0 Å². The van der Waals surface area contributed by atoms with E-state index in [1.54, 1.807) is 0 Å². The zero-order valence-corrected chi connectivity index (χ0v) is 13.4. The van der Waals surface area contributed by atoms with Crippen LogP contribution in [0.15, 0.2) is 42.5 Å². The second-order valence-corrected chi connectivity index (χ2v) is 6.09. The van der Waals surface area contributed by atoms with Crippen LogP contribution in [0.4, 0.5) is 11.4 Å². The molecule has 0 unspecified atom stereocenters. The van der Waals surface area contributed by atoms with Gasteiger partial charge in [0.25, 0.3) is 5.91 Å². The summed E-state index contributed by atoms with van der Waals surface area (Å²) in [5.74, 6) is -0.117. The highest BCUT2D eigenvalue weighted by molar-refractivity contribution is 6.33. The molecule has 0 bridgehead atoms. The van der Waals surface area contributed by atoms with Crippen molar-refractivity contribution in [3.8, 4) is 0 Å². The summed E-state index contributed by atoms with van der Waals surface area (Å²) in [6.45, 7) is 4.07. The predicted molar refractivity (Wildman–Crippen MR) is 92.0 cm³/mol. The summed E-state index contributed by atoms with van der Waals surface area (Å²) in [7, 11) is 0.